The smallest absolute Gasteiger partial charge is 0.263 e. The lowest BCUT2D eigenvalue weighted by Crippen LogP contribution is -2.34. The van der Waals surface area contributed by atoms with Crippen molar-refractivity contribution in [2.24, 2.45) is 5.10 Å². The first-order valence-corrected chi connectivity index (χ1v) is 13.6. The number of rotatable bonds is 9. The van der Waals surface area contributed by atoms with E-state index in [0.29, 0.717) is 23.5 Å². The molecule has 0 saturated carbocycles. The molecule has 1 aliphatic rings. The monoisotopic (exact) mass is 530 g/mol. The molecular formula is C29H30N4O4S. The summed E-state index contributed by atoms with van der Waals surface area (Å²) < 4.78 is 12.8. The Morgan fingerprint density at radius 1 is 1.18 bits per heavy atom. The SMILES string of the molecule is COc1cc(/C=N\NC(=O)[C@@H](C)n2cnc3sc4c(c3c2=O)CCCC4)ccc1OCCc1ccccc1. The third kappa shape index (κ3) is 5.47. The number of carbonyl (C=O) groups excluding carboxylic acids is 1. The number of hydrogen-bond donors (Lipinski definition) is 1. The fraction of sp³-hybridized carbons (Fsp3) is 0.310. The summed E-state index contributed by atoms with van der Waals surface area (Å²) in [7, 11) is 1.58. The maximum Gasteiger partial charge on any atom is 0.263 e. The Labute approximate surface area is 224 Å². The number of ether oxygens (including phenoxy) is 2. The number of fused-ring (bicyclic) bond motifs is 3. The van der Waals surface area contributed by atoms with Crippen LogP contribution in [0.3, 0.4) is 0 Å². The number of hydrazone groups is 1. The molecular weight excluding hydrogens is 500 g/mol. The van der Waals surface area contributed by atoms with Gasteiger partial charge in [0.15, 0.2) is 11.5 Å². The fourth-order valence-corrected chi connectivity index (χ4v) is 5.85. The molecule has 38 heavy (non-hydrogen) atoms. The van der Waals surface area contributed by atoms with Crippen molar-refractivity contribution in [3.8, 4) is 11.5 Å². The van der Waals surface area contributed by atoms with Gasteiger partial charge in [0.1, 0.15) is 10.9 Å². The minimum atomic E-state index is -0.759. The number of hydrogen-bond acceptors (Lipinski definition) is 7. The Hall–Kier alpha value is -3.98. The Bertz CT molecular complexity index is 1530. The van der Waals surface area contributed by atoms with Crippen LogP contribution in [0.5, 0.6) is 11.5 Å². The van der Waals surface area contributed by atoms with E-state index in [0.717, 1.165) is 48.1 Å². The number of thiophene rings is 1. The fourth-order valence-electron chi connectivity index (χ4n) is 4.63. The number of aromatic nitrogens is 2. The first-order chi connectivity index (χ1) is 18.5. The van der Waals surface area contributed by atoms with Crippen molar-refractivity contribution in [2.45, 2.75) is 45.1 Å². The third-order valence-corrected chi connectivity index (χ3v) is 7.96. The van der Waals surface area contributed by atoms with E-state index in [-0.39, 0.29) is 5.56 Å². The summed E-state index contributed by atoms with van der Waals surface area (Å²) in [6, 6.07) is 14.8. The first kappa shape index (κ1) is 25.7. The molecule has 0 bridgehead atoms. The minimum absolute atomic E-state index is 0.173. The summed E-state index contributed by atoms with van der Waals surface area (Å²) in [5.74, 6) is 0.810. The van der Waals surface area contributed by atoms with Crippen LogP contribution in [0, 0.1) is 0 Å². The van der Waals surface area contributed by atoms with Crippen molar-refractivity contribution in [3.63, 3.8) is 0 Å². The molecule has 0 unspecified atom stereocenters. The number of nitrogens with zero attached hydrogens (tertiary/aromatic N) is 3. The molecule has 2 aromatic carbocycles. The van der Waals surface area contributed by atoms with E-state index in [1.807, 2.05) is 30.3 Å². The van der Waals surface area contributed by atoms with Gasteiger partial charge in [0.2, 0.25) is 0 Å². The largest absolute Gasteiger partial charge is 0.493 e. The number of amides is 1. The van der Waals surface area contributed by atoms with Gasteiger partial charge < -0.3 is 9.47 Å². The van der Waals surface area contributed by atoms with Crippen molar-refractivity contribution in [2.75, 3.05) is 13.7 Å². The molecule has 1 amide bonds. The van der Waals surface area contributed by atoms with Crippen LogP contribution in [0.15, 0.2) is 64.8 Å². The van der Waals surface area contributed by atoms with Crippen molar-refractivity contribution in [1.82, 2.24) is 15.0 Å². The zero-order chi connectivity index (χ0) is 26.5. The normalized spacial score (nSPS) is 13.8. The lowest BCUT2D eigenvalue weighted by Gasteiger charge is -2.14. The van der Waals surface area contributed by atoms with Gasteiger partial charge in [-0.05, 0) is 67.5 Å². The number of methoxy groups -OCH3 is 1. The molecule has 5 rings (SSSR count). The molecule has 0 fully saturated rings. The van der Waals surface area contributed by atoms with Crippen LogP contribution < -0.4 is 20.5 Å². The highest BCUT2D eigenvalue weighted by atomic mass is 32.1. The summed E-state index contributed by atoms with van der Waals surface area (Å²) in [5.41, 5.74) is 5.41. The molecule has 8 nitrogen and oxygen atoms in total. The maximum absolute atomic E-state index is 13.2. The Kier molecular flexibility index (Phi) is 7.83. The molecule has 196 valence electrons. The molecule has 1 N–H and O–H groups in total. The minimum Gasteiger partial charge on any atom is -0.493 e. The van der Waals surface area contributed by atoms with E-state index in [4.69, 9.17) is 9.47 Å². The van der Waals surface area contributed by atoms with Gasteiger partial charge >= 0.3 is 0 Å². The second kappa shape index (κ2) is 11.6. The molecule has 2 heterocycles. The van der Waals surface area contributed by atoms with Crippen LogP contribution in [0.1, 0.15) is 47.4 Å². The third-order valence-electron chi connectivity index (χ3n) is 6.76. The second-order valence-electron chi connectivity index (χ2n) is 9.25. The molecule has 0 saturated heterocycles. The predicted octanol–water partition coefficient (Wildman–Crippen LogP) is 4.68. The lowest BCUT2D eigenvalue weighted by molar-refractivity contribution is -0.123. The van der Waals surface area contributed by atoms with E-state index in [2.05, 4.69) is 27.6 Å². The van der Waals surface area contributed by atoms with Crippen LogP contribution in [-0.2, 0) is 24.1 Å². The molecule has 0 radical (unpaired) electrons. The van der Waals surface area contributed by atoms with E-state index >= 15 is 0 Å². The van der Waals surface area contributed by atoms with Gasteiger partial charge in [-0.25, -0.2) is 10.4 Å². The Morgan fingerprint density at radius 2 is 2.00 bits per heavy atom. The highest BCUT2D eigenvalue weighted by Gasteiger charge is 2.23. The molecule has 1 aliphatic carbocycles. The molecule has 4 aromatic rings. The van der Waals surface area contributed by atoms with Gasteiger partial charge in [-0.2, -0.15) is 5.10 Å². The number of benzene rings is 2. The summed E-state index contributed by atoms with van der Waals surface area (Å²) >= 11 is 1.59. The van der Waals surface area contributed by atoms with Crippen LogP contribution in [0.2, 0.25) is 0 Å². The first-order valence-electron chi connectivity index (χ1n) is 12.7. The van der Waals surface area contributed by atoms with E-state index in [1.54, 1.807) is 31.4 Å². The Balaban J connectivity index is 1.22. The summed E-state index contributed by atoms with van der Waals surface area (Å²) in [6.07, 6.45) is 7.87. The predicted molar refractivity (Wildman–Crippen MR) is 150 cm³/mol. The van der Waals surface area contributed by atoms with Crippen molar-refractivity contribution in [1.29, 1.82) is 0 Å². The second-order valence-corrected chi connectivity index (χ2v) is 10.3. The topological polar surface area (TPSA) is 94.8 Å². The number of carbonyl (C=O) groups is 1. The molecule has 2 aromatic heterocycles. The summed E-state index contributed by atoms with van der Waals surface area (Å²) in [4.78, 5) is 32.5. The van der Waals surface area contributed by atoms with Gasteiger partial charge in [0.05, 0.1) is 31.6 Å². The standard InChI is InChI=1S/C29H30N4O4S/c1-19(33-18-30-28-26(29(33)35)22-10-6-7-11-25(22)38-28)27(34)32-31-17-21-12-13-23(24(16-21)36-2)37-15-14-20-8-4-3-5-9-20/h3-5,8-9,12-13,16-19H,6-7,10-11,14-15H2,1-2H3,(H,32,34)/b31-17-/t19-/m1/s1. The summed E-state index contributed by atoms with van der Waals surface area (Å²) in [5, 5.41) is 4.75. The van der Waals surface area contributed by atoms with Crippen LogP contribution >= 0.6 is 11.3 Å². The maximum atomic E-state index is 13.2. The van der Waals surface area contributed by atoms with Gasteiger partial charge in [0, 0.05) is 11.3 Å². The zero-order valence-corrected chi connectivity index (χ0v) is 22.3. The van der Waals surface area contributed by atoms with Crippen molar-refractivity contribution in [3.05, 3.63) is 86.8 Å². The quantitative estimate of drug-likeness (QED) is 0.251. The van der Waals surface area contributed by atoms with Gasteiger partial charge in [0.25, 0.3) is 11.5 Å². The number of aryl methyl sites for hydroxylation is 2. The summed E-state index contributed by atoms with van der Waals surface area (Å²) in [6.45, 7) is 2.19. The van der Waals surface area contributed by atoms with Crippen molar-refractivity contribution < 1.29 is 14.3 Å². The van der Waals surface area contributed by atoms with E-state index < -0.39 is 11.9 Å². The average Bonchev–Trinajstić information content (AvgIpc) is 3.33. The van der Waals surface area contributed by atoms with Crippen LogP contribution in [0.25, 0.3) is 10.2 Å². The molecule has 1 atom stereocenters. The highest BCUT2D eigenvalue weighted by Crippen LogP contribution is 2.33. The zero-order valence-electron chi connectivity index (χ0n) is 21.5. The van der Waals surface area contributed by atoms with Gasteiger partial charge in [-0.1, -0.05) is 30.3 Å². The molecule has 0 spiro atoms. The molecule has 0 aliphatic heterocycles. The highest BCUT2D eigenvalue weighted by molar-refractivity contribution is 7.18. The van der Waals surface area contributed by atoms with Crippen LogP contribution in [-0.4, -0.2) is 35.4 Å². The average molecular weight is 531 g/mol. The van der Waals surface area contributed by atoms with E-state index in [1.165, 1.54) is 27.5 Å². The number of nitrogens with one attached hydrogen (secondary N) is 1. The van der Waals surface area contributed by atoms with E-state index in [9.17, 15) is 9.59 Å². The van der Waals surface area contributed by atoms with Gasteiger partial charge in [-0.15, -0.1) is 11.3 Å². The van der Waals surface area contributed by atoms with Crippen LogP contribution in [0.4, 0.5) is 0 Å². The van der Waals surface area contributed by atoms with Gasteiger partial charge in [-0.3, -0.25) is 14.2 Å². The van der Waals surface area contributed by atoms with Crippen molar-refractivity contribution >= 4 is 33.7 Å². The molecule has 9 heteroatoms. The Morgan fingerprint density at radius 3 is 2.82 bits per heavy atom. The lowest BCUT2D eigenvalue weighted by atomic mass is 9.97.